The summed E-state index contributed by atoms with van der Waals surface area (Å²) < 4.78 is 5.15. The van der Waals surface area contributed by atoms with E-state index in [9.17, 15) is 14.9 Å². The number of nitrogens with one attached hydrogen (secondary N) is 1. The highest BCUT2D eigenvalue weighted by molar-refractivity contribution is 6.01. The Labute approximate surface area is 165 Å². The van der Waals surface area contributed by atoms with E-state index < -0.39 is 18.0 Å². The fourth-order valence-corrected chi connectivity index (χ4v) is 2.42. The second kappa shape index (κ2) is 9.38. The van der Waals surface area contributed by atoms with Gasteiger partial charge in [-0.2, -0.15) is 5.26 Å². The predicted octanol–water partition coefficient (Wildman–Crippen LogP) is 3.54. The third-order valence-electron chi connectivity index (χ3n) is 4.00. The molecule has 2 aromatic rings. The van der Waals surface area contributed by atoms with Crippen LogP contribution in [0.1, 0.15) is 18.1 Å². The van der Waals surface area contributed by atoms with Gasteiger partial charge in [-0.3, -0.25) is 4.79 Å². The number of rotatable bonds is 6. The lowest BCUT2D eigenvalue weighted by molar-refractivity contribution is -0.148. The van der Waals surface area contributed by atoms with E-state index in [0.717, 1.165) is 11.3 Å². The Kier molecular flexibility index (Phi) is 6.94. The molecule has 1 amide bonds. The van der Waals surface area contributed by atoms with Crippen molar-refractivity contribution in [1.82, 2.24) is 0 Å². The molecule has 144 valence electrons. The zero-order valence-corrected chi connectivity index (χ0v) is 16.4. The van der Waals surface area contributed by atoms with Gasteiger partial charge >= 0.3 is 5.97 Å². The molecule has 2 aromatic carbocycles. The molecule has 6 nitrogen and oxygen atoms in total. The van der Waals surface area contributed by atoms with Gasteiger partial charge in [0.15, 0.2) is 6.10 Å². The Morgan fingerprint density at radius 2 is 1.86 bits per heavy atom. The van der Waals surface area contributed by atoms with Crippen LogP contribution in [0.4, 0.5) is 11.4 Å². The van der Waals surface area contributed by atoms with Crippen molar-refractivity contribution in [3.8, 4) is 6.07 Å². The molecule has 6 heteroatoms. The SMILES string of the molecule is Cc1cccc(NC(=O)[C@H](C)OC(=O)/C(C#N)=C/c2ccc(N(C)C)cc2)c1. The van der Waals surface area contributed by atoms with E-state index in [1.165, 1.54) is 13.0 Å². The van der Waals surface area contributed by atoms with E-state index in [1.807, 2.05) is 62.3 Å². The van der Waals surface area contributed by atoms with Crippen molar-refractivity contribution in [2.75, 3.05) is 24.3 Å². The van der Waals surface area contributed by atoms with Crippen LogP contribution in [0.5, 0.6) is 0 Å². The molecule has 0 saturated carbocycles. The molecule has 1 N–H and O–H groups in total. The van der Waals surface area contributed by atoms with E-state index in [1.54, 1.807) is 18.2 Å². The number of anilines is 2. The van der Waals surface area contributed by atoms with Gasteiger partial charge in [-0.15, -0.1) is 0 Å². The van der Waals surface area contributed by atoms with Gasteiger partial charge in [-0.25, -0.2) is 4.79 Å². The molecule has 0 aliphatic carbocycles. The van der Waals surface area contributed by atoms with Gasteiger partial charge in [0.2, 0.25) is 0 Å². The number of benzene rings is 2. The van der Waals surface area contributed by atoms with Crippen LogP contribution in [-0.4, -0.2) is 32.1 Å². The zero-order valence-electron chi connectivity index (χ0n) is 16.4. The second-order valence-corrected chi connectivity index (χ2v) is 6.56. The third kappa shape index (κ3) is 5.71. The minimum absolute atomic E-state index is 0.173. The molecule has 0 fully saturated rings. The molecule has 0 bridgehead atoms. The van der Waals surface area contributed by atoms with Gasteiger partial charge in [0.25, 0.3) is 5.91 Å². The molecule has 0 unspecified atom stereocenters. The van der Waals surface area contributed by atoms with Crippen LogP contribution in [0.3, 0.4) is 0 Å². The Balaban J connectivity index is 2.04. The summed E-state index contributed by atoms with van der Waals surface area (Å²) in [6.45, 7) is 3.37. The van der Waals surface area contributed by atoms with Crippen LogP contribution in [-0.2, 0) is 14.3 Å². The maximum absolute atomic E-state index is 12.3. The van der Waals surface area contributed by atoms with Gasteiger partial charge < -0.3 is 15.0 Å². The lowest BCUT2D eigenvalue weighted by Crippen LogP contribution is -2.30. The summed E-state index contributed by atoms with van der Waals surface area (Å²) in [6, 6.07) is 16.5. The number of nitriles is 1. The van der Waals surface area contributed by atoms with Crippen LogP contribution in [0, 0.1) is 18.3 Å². The van der Waals surface area contributed by atoms with Gasteiger partial charge in [0.05, 0.1) is 0 Å². The average Bonchev–Trinajstić information content (AvgIpc) is 2.66. The number of ether oxygens (including phenoxy) is 1. The van der Waals surface area contributed by atoms with Gasteiger partial charge in [-0.05, 0) is 55.3 Å². The molecular formula is C22H23N3O3. The Morgan fingerprint density at radius 1 is 1.18 bits per heavy atom. The highest BCUT2D eigenvalue weighted by Gasteiger charge is 2.20. The van der Waals surface area contributed by atoms with Crippen LogP contribution in [0.2, 0.25) is 0 Å². The first kappa shape index (κ1) is 20.7. The summed E-state index contributed by atoms with van der Waals surface area (Å²) in [5.74, 6) is -1.31. The van der Waals surface area contributed by atoms with E-state index in [0.29, 0.717) is 11.3 Å². The topological polar surface area (TPSA) is 82.4 Å². The quantitative estimate of drug-likeness (QED) is 0.473. The summed E-state index contributed by atoms with van der Waals surface area (Å²) in [4.78, 5) is 26.5. The minimum Gasteiger partial charge on any atom is -0.448 e. The standard InChI is InChI=1S/C22H23N3O3/c1-15-6-5-7-19(12-15)24-21(26)16(2)28-22(27)18(14-23)13-17-8-10-20(11-9-17)25(3)4/h5-13,16H,1-4H3,(H,24,26)/b18-13+/t16-/m0/s1. The molecule has 0 radical (unpaired) electrons. The Hall–Kier alpha value is -3.59. The maximum Gasteiger partial charge on any atom is 0.349 e. The number of hydrogen-bond acceptors (Lipinski definition) is 5. The highest BCUT2D eigenvalue weighted by atomic mass is 16.5. The first-order valence-electron chi connectivity index (χ1n) is 8.78. The molecule has 0 heterocycles. The van der Waals surface area contributed by atoms with Crippen LogP contribution >= 0.6 is 0 Å². The van der Waals surface area contributed by atoms with Crippen molar-refractivity contribution in [3.63, 3.8) is 0 Å². The van der Waals surface area contributed by atoms with Crippen LogP contribution < -0.4 is 10.2 Å². The molecule has 2 rings (SSSR count). The van der Waals surface area contributed by atoms with Crippen molar-refractivity contribution >= 4 is 29.3 Å². The molecular weight excluding hydrogens is 354 g/mol. The molecule has 0 aliphatic heterocycles. The molecule has 1 atom stereocenters. The number of carbonyl (C=O) groups is 2. The normalized spacial score (nSPS) is 11.9. The molecule has 28 heavy (non-hydrogen) atoms. The smallest absolute Gasteiger partial charge is 0.349 e. The van der Waals surface area contributed by atoms with E-state index in [4.69, 9.17) is 4.74 Å². The van der Waals surface area contributed by atoms with E-state index >= 15 is 0 Å². The lowest BCUT2D eigenvalue weighted by atomic mass is 10.1. The third-order valence-corrected chi connectivity index (χ3v) is 4.00. The Morgan fingerprint density at radius 3 is 2.43 bits per heavy atom. The minimum atomic E-state index is -1.04. The van der Waals surface area contributed by atoms with Crippen LogP contribution in [0.15, 0.2) is 54.1 Å². The van der Waals surface area contributed by atoms with Crippen molar-refractivity contribution in [1.29, 1.82) is 5.26 Å². The van der Waals surface area contributed by atoms with Crippen LogP contribution in [0.25, 0.3) is 6.08 Å². The van der Waals surface area contributed by atoms with Crippen molar-refractivity contribution in [3.05, 3.63) is 65.2 Å². The predicted molar refractivity (Wildman–Crippen MR) is 110 cm³/mol. The molecule has 0 aliphatic rings. The fourth-order valence-electron chi connectivity index (χ4n) is 2.42. The number of hydrogen-bond donors (Lipinski definition) is 1. The summed E-state index contributed by atoms with van der Waals surface area (Å²) in [7, 11) is 3.85. The Bertz CT molecular complexity index is 925. The second-order valence-electron chi connectivity index (χ2n) is 6.56. The average molecular weight is 377 g/mol. The van der Waals surface area contributed by atoms with Gasteiger partial charge in [0, 0.05) is 25.5 Å². The number of amides is 1. The summed E-state index contributed by atoms with van der Waals surface area (Å²) in [5, 5.41) is 12.0. The van der Waals surface area contributed by atoms with Crippen molar-refractivity contribution in [2.45, 2.75) is 20.0 Å². The zero-order chi connectivity index (χ0) is 20.7. The molecule has 0 spiro atoms. The summed E-state index contributed by atoms with van der Waals surface area (Å²) in [6.07, 6.45) is 0.397. The number of aryl methyl sites for hydroxylation is 1. The molecule has 0 saturated heterocycles. The number of esters is 1. The number of carbonyl (C=O) groups excluding carboxylic acids is 2. The van der Waals surface area contributed by atoms with E-state index in [-0.39, 0.29) is 5.57 Å². The number of nitrogens with zero attached hydrogens (tertiary/aromatic N) is 2. The lowest BCUT2D eigenvalue weighted by Gasteiger charge is -2.14. The first-order valence-corrected chi connectivity index (χ1v) is 8.78. The molecule has 0 aromatic heterocycles. The first-order chi connectivity index (χ1) is 13.3. The largest absolute Gasteiger partial charge is 0.448 e. The summed E-state index contributed by atoms with van der Waals surface area (Å²) >= 11 is 0. The van der Waals surface area contributed by atoms with Gasteiger partial charge in [-0.1, -0.05) is 24.3 Å². The monoisotopic (exact) mass is 377 g/mol. The summed E-state index contributed by atoms with van der Waals surface area (Å²) in [5.41, 5.74) is 3.13. The van der Waals surface area contributed by atoms with E-state index in [2.05, 4.69) is 5.32 Å². The maximum atomic E-state index is 12.3. The van der Waals surface area contributed by atoms with Gasteiger partial charge in [0.1, 0.15) is 11.6 Å². The van der Waals surface area contributed by atoms with Crippen molar-refractivity contribution in [2.24, 2.45) is 0 Å². The van der Waals surface area contributed by atoms with Crippen molar-refractivity contribution < 1.29 is 14.3 Å². The highest BCUT2D eigenvalue weighted by Crippen LogP contribution is 2.16. The fraction of sp³-hybridized carbons (Fsp3) is 0.227.